The molecule has 0 spiro atoms. The molecule has 0 bridgehead atoms. The van der Waals surface area contributed by atoms with Gasteiger partial charge in [-0.3, -0.25) is 4.79 Å². The Balaban J connectivity index is 1.42. The molecule has 10 heteroatoms. The number of thiazole rings is 1. The Morgan fingerprint density at radius 1 is 1.12 bits per heavy atom. The molecule has 0 unspecified atom stereocenters. The molecular weight excluding hydrogens is 458 g/mol. The number of nitrogens with one attached hydrogen (secondary N) is 1. The van der Waals surface area contributed by atoms with Gasteiger partial charge in [0.2, 0.25) is 15.9 Å². The Morgan fingerprint density at radius 2 is 1.85 bits per heavy atom. The molecule has 0 radical (unpaired) electrons. The van der Waals surface area contributed by atoms with E-state index in [4.69, 9.17) is 0 Å². The van der Waals surface area contributed by atoms with Gasteiger partial charge in [0.1, 0.15) is 5.82 Å². The molecule has 2 aromatic carbocycles. The lowest BCUT2D eigenvalue weighted by Gasteiger charge is -2.10. The van der Waals surface area contributed by atoms with Crippen LogP contribution in [-0.2, 0) is 28.3 Å². The summed E-state index contributed by atoms with van der Waals surface area (Å²) in [5.41, 5.74) is 4.06. The van der Waals surface area contributed by atoms with Gasteiger partial charge in [-0.15, -0.1) is 11.3 Å². The Morgan fingerprint density at radius 3 is 2.48 bits per heavy atom. The molecule has 2 heterocycles. The van der Waals surface area contributed by atoms with Crippen LogP contribution in [0.5, 0.6) is 0 Å². The van der Waals surface area contributed by atoms with E-state index in [1.807, 2.05) is 48.2 Å². The number of nitrogens with zero attached hydrogens (tertiary/aromatic N) is 4. The zero-order valence-electron chi connectivity index (χ0n) is 18.9. The van der Waals surface area contributed by atoms with Crippen molar-refractivity contribution in [3.8, 4) is 11.3 Å². The predicted molar refractivity (Wildman–Crippen MR) is 131 cm³/mol. The summed E-state index contributed by atoms with van der Waals surface area (Å²) in [6.45, 7) is 1.97. The molecule has 4 rings (SSSR count). The Bertz CT molecular complexity index is 1420. The summed E-state index contributed by atoms with van der Waals surface area (Å²) in [5.74, 6) is 0.601. The van der Waals surface area contributed by atoms with E-state index in [0.29, 0.717) is 17.8 Å². The lowest BCUT2D eigenvalue weighted by molar-refractivity contribution is -0.116. The minimum atomic E-state index is -3.54. The number of aryl methyl sites for hydroxylation is 3. The first-order valence-corrected chi connectivity index (χ1v) is 12.7. The van der Waals surface area contributed by atoms with Crippen molar-refractivity contribution in [2.24, 2.45) is 7.05 Å². The molecule has 2 aromatic heterocycles. The standard InChI is InChI=1S/C23H25N5O3S2/c1-15-24-20(14-32-15)16-5-7-17(8-6-16)25-23(29)12-11-22-26-19-13-18(33(30,31)27(2)3)9-10-21(19)28(22)4/h5-10,13-14H,11-12H2,1-4H3,(H,25,29). The van der Waals surface area contributed by atoms with Crippen LogP contribution in [0.3, 0.4) is 0 Å². The minimum absolute atomic E-state index is 0.116. The van der Waals surface area contributed by atoms with E-state index < -0.39 is 10.0 Å². The molecule has 0 aliphatic rings. The second kappa shape index (κ2) is 9.05. The average molecular weight is 484 g/mol. The molecule has 1 N–H and O–H groups in total. The third kappa shape index (κ3) is 4.82. The maximum absolute atomic E-state index is 12.5. The largest absolute Gasteiger partial charge is 0.331 e. The first kappa shape index (κ1) is 23.1. The Kier molecular flexibility index (Phi) is 6.33. The van der Waals surface area contributed by atoms with E-state index >= 15 is 0 Å². The van der Waals surface area contributed by atoms with E-state index in [1.54, 1.807) is 29.5 Å². The number of sulfonamides is 1. The summed E-state index contributed by atoms with van der Waals surface area (Å²) in [7, 11) is 1.32. The summed E-state index contributed by atoms with van der Waals surface area (Å²) in [5, 5.41) is 5.94. The van der Waals surface area contributed by atoms with Gasteiger partial charge >= 0.3 is 0 Å². The quantitative estimate of drug-likeness (QED) is 0.431. The van der Waals surface area contributed by atoms with Crippen molar-refractivity contribution in [1.82, 2.24) is 18.8 Å². The number of amides is 1. The maximum Gasteiger partial charge on any atom is 0.242 e. The number of rotatable bonds is 7. The lowest BCUT2D eigenvalue weighted by atomic mass is 10.1. The van der Waals surface area contributed by atoms with Gasteiger partial charge in [-0.05, 0) is 37.3 Å². The van der Waals surface area contributed by atoms with Crippen LogP contribution in [0.15, 0.2) is 52.7 Å². The highest BCUT2D eigenvalue weighted by molar-refractivity contribution is 7.89. The SMILES string of the molecule is Cc1nc(-c2ccc(NC(=O)CCc3nc4cc(S(=O)(=O)N(C)C)ccc4n3C)cc2)cs1. The fraction of sp³-hybridized carbons (Fsp3) is 0.261. The van der Waals surface area contributed by atoms with Crippen molar-refractivity contribution in [2.45, 2.75) is 24.7 Å². The van der Waals surface area contributed by atoms with E-state index in [1.165, 1.54) is 18.4 Å². The summed E-state index contributed by atoms with van der Waals surface area (Å²) < 4.78 is 27.8. The van der Waals surface area contributed by atoms with Crippen LogP contribution < -0.4 is 5.32 Å². The van der Waals surface area contributed by atoms with Gasteiger partial charge in [-0.2, -0.15) is 0 Å². The second-order valence-corrected chi connectivity index (χ2v) is 11.1. The number of anilines is 1. The van der Waals surface area contributed by atoms with Crippen LogP contribution in [0.4, 0.5) is 5.69 Å². The Hall–Kier alpha value is -3.08. The number of hydrogen-bond donors (Lipinski definition) is 1. The fourth-order valence-electron chi connectivity index (χ4n) is 3.49. The first-order valence-electron chi connectivity index (χ1n) is 10.4. The number of imidazole rings is 1. The van der Waals surface area contributed by atoms with Crippen LogP contribution in [-0.4, -0.2) is 47.3 Å². The maximum atomic E-state index is 12.5. The van der Waals surface area contributed by atoms with E-state index in [2.05, 4.69) is 15.3 Å². The van der Waals surface area contributed by atoms with Gasteiger partial charge in [0.05, 0.1) is 26.6 Å². The minimum Gasteiger partial charge on any atom is -0.331 e. The molecule has 8 nitrogen and oxygen atoms in total. The molecule has 0 saturated heterocycles. The highest BCUT2D eigenvalue weighted by atomic mass is 32.2. The van der Waals surface area contributed by atoms with Gasteiger partial charge in [-0.25, -0.2) is 22.7 Å². The monoisotopic (exact) mass is 483 g/mol. The van der Waals surface area contributed by atoms with Gasteiger partial charge in [0.25, 0.3) is 0 Å². The van der Waals surface area contributed by atoms with Crippen molar-refractivity contribution in [2.75, 3.05) is 19.4 Å². The van der Waals surface area contributed by atoms with Crippen LogP contribution >= 0.6 is 11.3 Å². The van der Waals surface area contributed by atoms with Crippen molar-refractivity contribution < 1.29 is 13.2 Å². The van der Waals surface area contributed by atoms with Crippen molar-refractivity contribution in [3.63, 3.8) is 0 Å². The van der Waals surface area contributed by atoms with E-state index in [0.717, 1.165) is 27.5 Å². The molecule has 172 valence electrons. The van der Waals surface area contributed by atoms with Crippen molar-refractivity contribution in [3.05, 3.63) is 58.7 Å². The van der Waals surface area contributed by atoms with Gasteiger partial charge in [-0.1, -0.05) is 12.1 Å². The van der Waals surface area contributed by atoms with Gasteiger partial charge in [0, 0.05) is 50.6 Å². The van der Waals surface area contributed by atoms with Crippen molar-refractivity contribution >= 4 is 44.0 Å². The number of aromatic nitrogens is 3. The highest BCUT2D eigenvalue weighted by Gasteiger charge is 2.19. The second-order valence-electron chi connectivity index (χ2n) is 7.90. The topological polar surface area (TPSA) is 97.2 Å². The molecule has 0 fully saturated rings. The molecular formula is C23H25N5O3S2. The van der Waals surface area contributed by atoms with E-state index in [9.17, 15) is 13.2 Å². The highest BCUT2D eigenvalue weighted by Crippen LogP contribution is 2.24. The van der Waals surface area contributed by atoms with Crippen LogP contribution in [0.1, 0.15) is 17.3 Å². The van der Waals surface area contributed by atoms with Crippen LogP contribution in [0.2, 0.25) is 0 Å². The van der Waals surface area contributed by atoms with Crippen molar-refractivity contribution in [1.29, 1.82) is 0 Å². The fourth-order valence-corrected chi connectivity index (χ4v) is 5.04. The number of hydrogen-bond acceptors (Lipinski definition) is 6. The van der Waals surface area contributed by atoms with Gasteiger partial charge < -0.3 is 9.88 Å². The summed E-state index contributed by atoms with van der Waals surface area (Å²) in [4.78, 5) is 21.7. The number of carbonyl (C=O) groups excluding carboxylic acids is 1. The van der Waals surface area contributed by atoms with E-state index in [-0.39, 0.29) is 17.2 Å². The Labute approximate surface area is 197 Å². The summed E-state index contributed by atoms with van der Waals surface area (Å²) >= 11 is 1.60. The number of carbonyl (C=O) groups is 1. The summed E-state index contributed by atoms with van der Waals surface area (Å²) in [6, 6.07) is 12.5. The number of benzene rings is 2. The van der Waals surface area contributed by atoms with Crippen LogP contribution in [0.25, 0.3) is 22.3 Å². The molecule has 1 amide bonds. The smallest absolute Gasteiger partial charge is 0.242 e. The lowest BCUT2D eigenvalue weighted by Crippen LogP contribution is -2.22. The average Bonchev–Trinajstić information content (AvgIpc) is 3.35. The normalized spacial score (nSPS) is 11.9. The third-order valence-corrected chi connectivity index (χ3v) is 7.97. The zero-order valence-corrected chi connectivity index (χ0v) is 20.5. The summed E-state index contributed by atoms with van der Waals surface area (Å²) in [6.07, 6.45) is 0.690. The van der Waals surface area contributed by atoms with Gasteiger partial charge in [0.15, 0.2) is 0 Å². The molecule has 0 saturated carbocycles. The first-order chi connectivity index (χ1) is 15.6. The number of fused-ring (bicyclic) bond motifs is 1. The molecule has 0 atom stereocenters. The zero-order chi connectivity index (χ0) is 23.8. The molecule has 33 heavy (non-hydrogen) atoms. The molecule has 4 aromatic rings. The molecule has 0 aliphatic carbocycles. The predicted octanol–water partition coefficient (Wildman–Crippen LogP) is 3.83. The molecule has 0 aliphatic heterocycles. The van der Waals surface area contributed by atoms with Crippen LogP contribution in [0, 0.1) is 6.92 Å². The third-order valence-electron chi connectivity index (χ3n) is 5.38.